The molecular weight excluding hydrogens is 292 g/mol. The lowest BCUT2D eigenvalue weighted by Gasteiger charge is -2.48. The third-order valence-corrected chi connectivity index (χ3v) is 3.23. The van der Waals surface area contributed by atoms with E-state index in [0.717, 1.165) is 0 Å². The minimum atomic E-state index is -2.91. The second-order valence-electron chi connectivity index (χ2n) is 4.67. The first-order valence-electron chi connectivity index (χ1n) is 5.76. The Morgan fingerprint density at radius 2 is 2.14 bits per heavy atom. The van der Waals surface area contributed by atoms with Crippen molar-refractivity contribution in [3.8, 4) is 0 Å². The van der Waals surface area contributed by atoms with Gasteiger partial charge >= 0.3 is 5.97 Å². The van der Waals surface area contributed by atoms with Crippen LogP contribution in [-0.4, -0.2) is 79.1 Å². The van der Waals surface area contributed by atoms with Crippen molar-refractivity contribution >= 4 is 5.97 Å². The van der Waals surface area contributed by atoms with E-state index in [9.17, 15) is 25.2 Å². The molecular formula is C9H16N4O8. The number of aliphatic carboxylic acids is 1. The van der Waals surface area contributed by atoms with Crippen LogP contribution in [0.2, 0.25) is 0 Å². The lowest BCUT2D eigenvalue weighted by molar-refractivity contribution is -0.307. The summed E-state index contributed by atoms with van der Waals surface area (Å²) in [6.45, 7) is -0.949. The van der Waals surface area contributed by atoms with Gasteiger partial charge < -0.3 is 41.1 Å². The average Bonchev–Trinajstić information content (AvgIpc) is 2.41. The van der Waals surface area contributed by atoms with Crippen LogP contribution in [0.5, 0.6) is 0 Å². The van der Waals surface area contributed by atoms with Crippen molar-refractivity contribution in [3.05, 3.63) is 10.4 Å². The third-order valence-electron chi connectivity index (χ3n) is 3.23. The van der Waals surface area contributed by atoms with Gasteiger partial charge in [0.1, 0.15) is 18.3 Å². The molecule has 1 saturated heterocycles. The summed E-state index contributed by atoms with van der Waals surface area (Å²) in [5.74, 6) is -4.78. The molecule has 8 N–H and O–H groups in total. The van der Waals surface area contributed by atoms with Crippen molar-refractivity contribution < 1.29 is 40.2 Å². The molecule has 1 aliphatic rings. The van der Waals surface area contributed by atoms with Gasteiger partial charge in [-0.1, -0.05) is 5.11 Å². The number of azide groups is 1. The summed E-state index contributed by atoms with van der Waals surface area (Å²) in [6.07, 6.45) is -8.69. The molecule has 12 heteroatoms. The van der Waals surface area contributed by atoms with Crippen molar-refractivity contribution in [1.82, 2.24) is 0 Å². The van der Waals surface area contributed by atoms with Gasteiger partial charge in [-0.3, -0.25) is 0 Å². The number of aliphatic hydroxyl groups is 5. The highest BCUT2D eigenvalue weighted by molar-refractivity contribution is 5.75. The summed E-state index contributed by atoms with van der Waals surface area (Å²) in [4.78, 5) is 13.3. The van der Waals surface area contributed by atoms with E-state index in [1.807, 2.05) is 0 Å². The molecule has 0 amide bonds. The van der Waals surface area contributed by atoms with Gasteiger partial charge in [-0.25, -0.2) is 4.79 Å². The highest BCUT2D eigenvalue weighted by Crippen LogP contribution is 2.36. The number of rotatable bonds is 5. The zero-order valence-electron chi connectivity index (χ0n) is 10.6. The SMILES string of the molecule is [N-]=[N+]=N[C@@]1(N)[C@@H](O)C[C@@](O)(C(=O)O)O[C@H]1[C@H](O)[C@H](O)CO. The summed E-state index contributed by atoms with van der Waals surface area (Å²) in [6, 6.07) is 0. The monoisotopic (exact) mass is 308 g/mol. The Hall–Kier alpha value is -1.50. The summed E-state index contributed by atoms with van der Waals surface area (Å²) in [5.41, 5.74) is 11.7. The Kier molecular flexibility index (Phi) is 5.09. The lowest BCUT2D eigenvalue weighted by Crippen LogP contribution is -2.72. The number of ether oxygens (including phenoxy) is 1. The molecule has 0 unspecified atom stereocenters. The maximum Gasteiger partial charge on any atom is 0.364 e. The van der Waals surface area contributed by atoms with Gasteiger partial charge in [0.25, 0.3) is 5.79 Å². The van der Waals surface area contributed by atoms with Gasteiger partial charge in [0.2, 0.25) is 0 Å². The topological polar surface area (TPSA) is 222 Å². The molecule has 0 radical (unpaired) electrons. The minimum Gasteiger partial charge on any atom is -0.477 e. The number of carbonyl (C=O) groups is 1. The predicted octanol–water partition coefficient (Wildman–Crippen LogP) is -3.41. The molecule has 1 aliphatic heterocycles. The van der Waals surface area contributed by atoms with Crippen LogP contribution in [0.3, 0.4) is 0 Å². The Bertz CT molecular complexity index is 457. The number of hydrogen-bond donors (Lipinski definition) is 7. The third kappa shape index (κ3) is 3.07. The Morgan fingerprint density at radius 1 is 1.57 bits per heavy atom. The van der Waals surface area contributed by atoms with Crippen LogP contribution >= 0.6 is 0 Å². The number of hydrogen-bond acceptors (Lipinski definition) is 9. The van der Waals surface area contributed by atoms with Crippen molar-refractivity contribution in [2.75, 3.05) is 6.61 Å². The maximum absolute atomic E-state index is 11.0. The lowest BCUT2D eigenvalue weighted by atomic mass is 9.84. The number of nitrogens with two attached hydrogens (primary N) is 1. The first-order chi connectivity index (χ1) is 9.62. The zero-order valence-corrected chi connectivity index (χ0v) is 10.6. The van der Waals surface area contributed by atoms with E-state index in [1.165, 1.54) is 0 Å². The van der Waals surface area contributed by atoms with Crippen molar-refractivity contribution in [3.63, 3.8) is 0 Å². The average molecular weight is 308 g/mol. The van der Waals surface area contributed by atoms with Gasteiger partial charge in [-0.05, 0) is 5.53 Å². The van der Waals surface area contributed by atoms with Crippen molar-refractivity contribution in [2.24, 2.45) is 10.8 Å². The predicted molar refractivity (Wildman–Crippen MR) is 63.2 cm³/mol. The molecule has 12 nitrogen and oxygen atoms in total. The molecule has 0 aromatic heterocycles. The first-order valence-corrected chi connectivity index (χ1v) is 5.76. The number of nitrogens with zero attached hydrogens (tertiary/aromatic N) is 3. The van der Waals surface area contributed by atoms with Gasteiger partial charge in [-0.15, -0.1) is 0 Å². The highest BCUT2D eigenvalue weighted by atomic mass is 16.7. The molecule has 1 rings (SSSR count). The second-order valence-corrected chi connectivity index (χ2v) is 4.67. The fraction of sp³-hybridized carbons (Fsp3) is 0.889. The van der Waals surface area contributed by atoms with E-state index in [1.54, 1.807) is 0 Å². The van der Waals surface area contributed by atoms with Crippen LogP contribution in [0.1, 0.15) is 6.42 Å². The van der Waals surface area contributed by atoms with Crippen LogP contribution in [0.25, 0.3) is 10.4 Å². The fourth-order valence-electron chi connectivity index (χ4n) is 1.96. The van der Waals surface area contributed by atoms with Crippen LogP contribution < -0.4 is 5.73 Å². The van der Waals surface area contributed by atoms with Crippen LogP contribution in [-0.2, 0) is 9.53 Å². The second kappa shape index (κ2) is 6.09. The Balaban J connectivity index is 3.27. The zero-order chi connectivity index (χ0) is 16.4. The van der Waals surface area contributed by atoms with Gasteiger partial charge in [0, 0.05) is 11.3 Å². The first kappa shape index (κ1) is 17.6. The van der Waals surface area contributed by atoms with E-state index < -0.39 is 54.9 Å². The van der Waals surface area contributed by atoms with E-state index in [0.29, 0.717) is 0 Å². The largest absolute Gasteiger partial charge is 0.477 e. The normalized spacial score (nSPS) is 39.1. The van der Waals surface area contributed by atoms with E-state index in [2.05, 4.69) is 10.0 Å². The van der Waals surface area contributed by atoms with Gasteiger partial charge in [0.05, 0.1) is 12.7 Å². The summed E-state index contributed by atoms with van der Waals surface area (Å²) < 4.78 is 4.74. The van der Waals surface area contributed by atoms with Crippen LogP contribution in [0, 0.1) is 0 Å². The molecule has 0 bridgehead atoms. The molecule has 120 valence electrons. The Labute approximate surface area is 117 Å². The molecule has 21 heavy (non-hydrogen) atoms. The number of carboxylic acids is 1. The highest BCUT2D eigenvalue weighted by Gasteiger charge is 2.59. The molecule has 0 saturated carbocycles. The molecule has 0 aromatic rings. The molecule has 0 aliphatic carbocycles. The van der Waals surface area contributed by atoms with E-state index >= 15 is 0 Å². The molecule has 0 aromatic carbocycles. The number of aliphatic hydroxyl groups excluding tert-OH is 4. The molecule has 0 spiro atoms. The van der Waals surface area contributed by atoms with Crippen LogP contribution in [0.4, 0.5) is 0 Å². The summed E-state index contributed by atoms with van der Waals surface area (Å²) in [5, 5.41) is 59.6. The standard InChI is InChI=1S/C9H16N4O8/c10-9(12-13-11)4(16)1-8(20,7(18)19)21-6(9)5(17)3(15)2-14/h3-6,14-17,20H,1-2,10H2,(H,18,19)/t3-,4+,5-,6+,8+,9+/m1/s1. The number of carboxylic acid groups (broad SMARTS) is 1. The smallest absolute Gasteiger partial charge is 0.364 e. The quantitative estimate of drug-likeness (QED) is 0.152. The van der Waals surface area contributed by atoms with Crippen molar-refractivity contribution in [2.45, 2.75) is 42.3 Å². The van der Waals surface area contributed by atoms with Crippen molar-refractivity contribution in [1.29, 1.82) is 0 Å². The van der Waals surface area contributed by atoms with Gasteiger partial charge in [0.15, 0.2) is 5.66 Å². The van der Waals surface area contributed by atoms with Gasteiger partial charge in [-0.2, -0.15) is 0 Å². The maximum atomic E-state index is 11.0. The van der Waals surface area contributed by atoms with E-state index in [-0.39, 0.29) is 0 Å². The molecule has 1 heterocycles. The van der Waals surface area contributed by atoms with E-state index in [4.69, 9.17) is 26.2 Å². The molecule has 6 atom stereocenters. The van der Waals surface area contributed by atoms with Crippen LogP contribution in [0.15, 0.2) is 5.11 Å². The molecule has 1 fully saturated rings. The Morgan fingerprint density at radius 3 is 2.57 bits per heavy atom. The minimum absolute atomic E-state index is 0.934. The summed E-state index contributed by atoms with van der Waals surface area (Å²) in [7, 11) is 0. The summed E-state index contributed by atoms with van der Waals surface area (Å²) >= 11 is 0. The fourth-order valence-corrected chi connectivity index (χ4v) is 1.96.